The first-order chi connectivity index (χ1) is 8.06. The molecule has 0 unspecified atom stereocenters. The highest BCUT2D eigenvalue weighted by Crippen LogP contribution is 2.24. The van der Waals surface area contributed by atoms with Gasteiger partial charge in [0.2, 0.25) is 5.76 Å². The van der Waals surface area contributed by atoms with Crippen LogP contribution in [0.5, 0.6) is 0 Å². The van der Waals surface area contributed by atoms with E-state index in [4.69, 9.17) is 9.52 Å². The van der Waals surface area contributed by atoms with Crippen LogP contribution in [0.25, 0.3) is 0 Å². The van der Waals surface area contributed by atoms with Crippen molar-refractivity contribution in [2.45, 2.75) is 0 Å². The highest BCUT2D eigenvalue weighted by Gasteiger charge is 2.10. The normalized spacial score (nSPS) is 10.2. The van der Waals surface area contributed by atoms with Crippen LogP contribution in [0.4, 0.5) is 16.0 Å². The number of aromatic carboxylic acids is 1. The molecule has 0 bridgehead atoms. The SMILES string of the molecule is O=C(O)c1ccc(Nc2ccc(F)cc2I)o1. The molecule has 88 valence electrons. The van der Waals surface area contributed by atoms with Crippen LogP contribution in [0.3, 0.4) is 0 Å². The molecule has 0 saturated heterocycles. The van der Waals surface area contributed by atoms with Gasteiger partial charge in [-0.05, 0) is 46.9 Å². The largest absolute Gasteiger partial charge is 0.475 e. The number of carboxylic acids is 1. The summed E-state index contributed by atoms with van der Waals surface area (Å²) < 4.78 is 18.6. The van der Waals surface area contributed by atoms with Gasteiger partial charge in [-0.3, -0.25) is 0 Å². The lowest BCUT2D eigenvalue weighted by Crippen LogP contribution is -1.94. The summed E-state index contributed by atoms with van der Waals surface area (Å²) in [6, 6.07) is 7.08. The fourth-order valence-corrected chi connectivity index (χ4v) is 1.86. The molecule has 1 heterocycles. The molecule has 1 aromatic heterocycles. The third-order valence-corrected chi connectivity index (χ3v) is 2.90. The minimum absolute atomic E-state index is 0.149. The maximum atomic E-state index is 12.9. The predicted octanol–water partition coefficient (Wildman–Crippen LogP) is 3.47. The Labute approximate surface area is 110 Å². The Hall–Kier alpha value is -1.57. The van der Waals surface area contributed by atoms with Gasteiger partial charge in [-0.25, -0.2) is 9.18 Å². The second-order valence-electron chi connectivity index (χ2n) is 3.22. The number of furan rings is 1. The fourth-order valence-electron chi connectivity index (χ4n) is 1.24. The summed E-state index contributed by atoms with van der Waals surface area (Å²) in [5.41, 5.74) is 0.651. The molecule has 0 aliphatic rings. The number of nitrogens with one attached hydrogen (secondary N) is 1. The molecule has 2 N–H and O–H groups in total. The van der Waals surface area contributed by atoms with Crippen molar-refractivity contribution in [2.75, 3.05) is 5.32 Å². The van der Waals surface area contributed by atoms with E-state index in [-0.39, 0.29) is 11.6 Å². The van der Waals surface area contributed by atoms with Gasteiger partial charge in [0.15, 0.2) is 5.88 Å². The lowest BCUT2D eigenvalue weighted by Gasteiger charge is -2.05. The highest BCUT2D eigenvalue weighted by atomic mass is 127. The van der Waals surface area contributed by atoms with Gasteiger partial charge >= 0.3 is 5.97 Å². The molecule has 1 aromatic carbocycles. The lowest BCUT2D eigenvalue weighted by atomic mass is 10.3. The average molecular weight is 347 g/mol. The highest BCUT2D eigenvalue weighted by molar-refractivity contribution is 14.1. The molecule has 0 aliphatic heterocycles. The monoisotopic (exact) mass is 347 g/mol. The molecule has 0 fully saturated rings. The topological polar surface area (TPSA) is 62.5 Å². The summed E-state index contributed by atoms with van der Waals surface area (Å²) in [5.74, 6) is -1.31. The summed E-state index contributed by atoms with van der Waals surface area (Å²) >= 11 is 1.97. The van der Waals surface area contributed by atoms with Crippen LogP contribution < -0.4 is 5.32 Å². The zero-order valence-electron chi connectivity index (χ0n) is 8.41. The maximum absolute atomic E-state index is 12.9. The van der Waals surface area contributed by atoms with Crippen molar-refractivity contribution >= 4 is 40.1 Å². The number of carbonyl (C=O) groups is 1. The Kier molecular flexibility index (Phi) is 3.32. The number of hydrogen-bond donors (Lipinski definition) is 2. The third kappa shape index (κ3) is 2.76. The molecule has 2 aromatic rings. The number of hydrogen-bond acceptors (Lipinski definition) is 3. The summed E-state index contributed by atoms with van der Waals surface area (Å²) in [6.45, 7) is 0. The van der Waals surface area contributed by atoms with Crippen LogP contribution in [0, 0.1) is 9.39 Å². The molecule has 0 amide bonds. The van der Waals surface area contributed by atoms with Crippen LogP contribution in [0.2, 0.25) is 0 Å². The van der Waals surface area contributed by atoms with Crippen LogP contribution in [0.1, 0.15) is 10.6 Å². The number of benzene rings is 1. The van der Waals surface area contributed by atoms with Crippen LogP contribution in [-0.2, 0) is 0 Å². The predicted molar refractivity (Wildman–Crippen MR) is 68.1 cm³/mol. The van der Waals surface area contributed by atoms with E-state index in [1.165, 1.54) is 24.3 Å². The first-order valence-corrected chi connectivity index (χ1v) is 5.69. The number of carboxylic acid groups (broad SMARTS) is 1. The molecule has 0 aliphatic carbocycles. The van der Waals surface area contributed by atoms with Crippen LogP contribution in [0.15, 0.2) is 34.7 Å². The number of anilines is 2. The van der Waals surface area contributed by atoms with E-state index < -0.39 is 5.97 Å². The Bertz CT molecular complexity index is 568. The fraction of sp³-hybridized carbons (Fsp3) is 0. The smallest absolute Gasteiger partial charge is 0.371 e. The molecule has 17 heavy (non-hydrogen) atoms. The summed E-state index contributed by atoms with van der Waals surface area (Å²) in [6.07, 6.45) is 0. The maximum Gasteiger partial charge on any atom is 0.371 e. The molecule has 0 spiro atoms. The van der Waals surface area contributed by atoms with Gasteiger partial charge in [0.25, 0.3) is 0 Å². The van der Waals surface area contributed by atoms with E-state index in [2.05, 4.69) is 5.32 Å². The Balaban J connectivity index is 2.22. The Morgan fingerprint density at radius 3 is 2.71 bits per heavy atom. The minimum atomic E-state index is -1.13. The summed E-state index contributed by atoms with van der Waals surface area (Å²) in [4.78, 5) is 10.6. The van der Waals surface area contributed by atoms with Crippen LogP contribution >= 0.6 is 22.6 Å². The molecule has 4 nitrogen and oxygen atoms in total. The van der Waals surface area contributed by atoms with E-state index in [1.54, 1.807) is 6.07 Å². The van der Waals surface area contributed by atoms with Gasteiger partial charge in [0.05, 0.1) is 5.69 Å². The lowest BCUT2D eigenvalue weighted by molar-refractivity contribution is 0.0663. The number of halogens is 2. The second-order valence-corrected chi connectivity index (χ2v) is 4.38. The molecule has 0 saturated carbocycles. The summed E-state index contributed by atoms with van der Waals surface area (Å²) in [7, 11) is 0. The zero-order chi connectivity index (χ0) is 12.4. The minimum Gasteiger partial charge on any atom is -0.475 e. The van der Waals surface area contributed by atoms with Gasteiger partial charge < -0.3 is 14.8 Å². The quantitative estimate of drug-likeness (QED) is 0.835. The molecule has 2 rings (SSSR count). The van der Waals surface area contributed by atoms with E-state index in [0.717, 1.165) is 0 Å². The van der Waals surface area contributed by atoms with Crippen molar-refractivity contribution in [3.63, 3.8) is 0 Å². The van der Waals surface area contributed by atoms with Gasteiger partial charge in [-0.15, -0.1) is 0 Å². The standard InChI is InChI=1S/C11H7FINO3/c12-6-1-2-8(7(13)5-6)14-10-4-3-9(17-10)11(15)16/h1-5,14H,(H,15,16). The van der Waals surface area contributed by atoms with Gasteiger partial charge in [-0.1, -0.05) is 0 Å². The first kappa shape index (κ1) is 11.9. The second kappa shape index (κ2) is 4.74. The molecular weight excluding hydrogens is 340 g/mol. The first-order valence-electron chi connectivity index (χ1n) is 4.61. The van der Waals surface area contributed by atoms with Crippen molar-refractivity contribution in [2.24, 2.45) is 0 Å². The van der Waals surface area contributed by atoms with E-state index >= 15 is 0 Å². The Morgan fingerprint density at radius 1 is 1.35 bits per heavy atom. The van der Waals surface area contributed by atoms with Crippen LogP contribution in [-0.4, -0.2) is 11.1 Å². The van der Waals surface area contributed by atoms with E-state index in [1.807, 2.05) is 22.6 Å². The van der Waals surface area contributed by atoms with Crippen molar-refractivity contribution in [3.05, 3.63) is 45.5 Å². The zero-order valence-corrected chi connectivity index (χ0v) is 10.6. The van der Waals surface area contributed by atoms with E-state index in [0.29, 0.717) is 15.1 Å². The third-order valence-electron chi connectivity index (χ3n) is 2.01. The van der Waals surface area contributed by atoms with Crippen molar-refractivity contribution < 1.29 is 18.7 Å². The van der Waals surface area contributed by atoms with Crippen molar-refractivity contribution in [1.82, 2.24) is 0 Å². The van der Waals surface area contributed by atoms with E-state index in [9.17, 15) is 9.18 Å². The molecule has 6 heteroatoms. The van der Waals surface area contributed by atoms with Gasteiger partial charge in [0.1, 0.15) is 5.82 Å². The molecule has 0 radical (unpaired) electrons. The van der Waals surface area contributed by atoms with Gasteiger partial charge in [-0.2, -0.15) is 0 Å². The van der Waals surface area contributed by atoms with Crippen molar-refractivity contribution in [1.29, 1.82) is 0 Å². The average Bonchev–Trinajstić information content (AvgIpc) is 2.71. The van der Waals surface area contributed by atoms with Crippen molar-refractivity contribution in [3.8, 4) is 0 Å². The summed E-state index contributed by atoms with van der Waals surface area (Å²) in [5, 5.41) is 11.6. The Morgan fingerprint density at radius 2 is 2.12 bits per heavy atom. The molecular formula is C11H7FINO3. The molecule has 0 atom stereocenters. The number of rotatable bonds is 3. The van der Waals surface area contributed by atoms with Gasteiger partial charge in [0, 0.05) is 9.64 Å².